The Morgan fingerprint density at radius 2 is 1.35 bits per heavy atom. The van der Waals surface area contributed by atoms with Crippen LogP contribution in [-0.4, -0.2) is 0 Å². The van der Waals surface area contributed by atoms with E-state index in [1.165, 1.54) is 6.07 Å². The van der Waals surface area contributed by atoms with Gasteiger partial charge in [-0.1, -0.05) is 30.4 Å². The van der Waals surface area contributed by atoms with Gasteiger partial charge in [-0.25, -0.2) is 8.78 Å². The zero-order chi connectivity index (χ0) is 12.3. The van der Waals surface area contributed by atoms with Crippen molar-refractivity contribution in [3.63, 3.8) is 0 Å². The van der Waals surface area contributed by atoms with Crippen molar-refractivity contribution in [2.45, 2.75) is 0 Å². The lowest BCUT2D eigenvalue weighted by Crippen LogP contribution is -1.84. The van der Waals surface area contributed by atoms with E-state index in [4.69, 9.17) is 5.73 Å². The molecule has 0 unspecified atom stereocenters. The van der Waals surface area contributed by atoms with Gasteiger partial charge < -0.3 is 5.73 Å². The lowest BCUT2D eigenvalue weighted by atomic mass is 10.1. The molecule has 2 rings (SSSR count). The van der Waals surface area contributed by atoms with Crippen molar-refractivity contribution in [2.24, 2.45) is 0 Å². The molecular weight excluding hydrogens is 220 g/mol. The SMILES string of the molecule is Nc1ccc(/C=C/c2ccc(F)c(F)c2)cc1. The Morgan fingerprint density at radius 3 is 2.00 bits per heavy atom. The molecule has 0 aliphatic rings. The normalized spacial score (nSPS) is 10.9. The third-order valence-electron chi connectivity index (χ3n) is 2.35. The van der Waals surface area contributed by atoms with E-state index in [-0.39, 0.29) is 0 Å². The fourth-order valence-corrected chi connectivity index (χ4v) is 1.42. The van der Waals surface area contributed by atoms with Crippen LogP contribution in [0.2, 0.25) is 0 Å². The molecule has 0 aromatic heterocycles. The highest BCUT2D eigenvalue weighted by Crippen LogP contribution is 2.13. The van der Waals surface area contributed by atoms with E-state index in [0.717, 1.165) is 17.7 Å². The first kappa shape index (κ1) is 11.3. The molecule has 0 saturated carbocycles. The third kappa shape index (κ3) is 2.91. The Bertz CT molecular complexity index is 545. The van der Waals surface area contributed by atoms with Crippen LogP contribution in [0.5, 0.6) is 0 Å². The summed E-state index contributed by atoms with van der Waals surface area (Å²) < 4.78 is 25.6. The molecule has 0 amide bonds. The zero-order valence-corrected chi connectivity index (χ0v) is 9.03. The smallest absolute Gasteiger partial charge is 0.159 e. The molecular formula is C14H11F2N. The van der Waals surface area contributed by atoms with Gasteiger partial charge in [0.15, 0.2) is 11.6 Å². The zero-order valence-electron chi connectivity index (χ0n) is 9.03. The van der Waals surface area contributed by atoms with Gasteiger partial charge in [0.05, 0.1) is 0 Å². The van der Waals surface area contributed by atoms with Crippen LogP contribution >= 0.6 is 0 Å². The van der Waals surface area contributed by atoms with E-state index in [1.54, 1.807) is 18.2 Å². The quantitative estimate of drug-likeness (QED) is 0.618. The molecule has 1 nitrogen and oxygen atoms in total. The predicted octanol–water partition coefficient (Wildman–Crippen LogP) is 3.72. The van der Waals surface area contributed by atoms with Crippen LogP contribution in [0.15, 0.2) is 42.5 Å². The summed E-state index contributed by atoms with van der Waals surface area (Å²) in [6.45, 7) is 0. The average Bonchev–Trinajstić information content (AvgIpc) is 2.33. The third-order valence-corrected chi connectivity index (χ3v) is 2.35. The number of hydrogen-bond donors (Lipinski definition) is 1. The summed E-state index contributed by atoms with van der Waals surface area (Å²) in [6, 6.07) is 11.1. The second kappa shape index (κ2) is 4.78. The minimum Gasteiger partial charge on any atom is -0.399 e. The van der Waals surface area contributed by atoms with E-state index in [2.05, 4.69) is 0 Å². The van der Waals surface area contributed by atoms with Crippen LogP contribution in [0, 0.1) is 11.6 Å². The average molecular weight is 231 g/mol. The highest BCUT2D eigenvalue weighted by Gasteiger charge is 1.99. The van der Waals surface area contributed by atoms with Crippen LogP contribution in [-0.2, 0) is 0 Å². The van der Waals surface area contributed by atoms with Gasteiger partial charge in [-0.05, 0) is 35.4 Å². The Balaban J connectivity index is 2.20. The van der Waals surface area contributed by atoms with E-state index in [0.29, 0.717) is 11.3 Å². The number of nitrogen functional groups attached to an aromatic ring is 1. The topological polar surface area (TPSA) is 26.0 Å². The lowest BCUT2D eigenvalue weighted by molar-refractivity contribution is 0.508. The summed E-state index contributed by atoms with van der Waals surface area (Å²) in [6.07, 6.45) is 3.53. The van der Waals surface area contributed by atoms with Gasteiger partial charge >= 0.3 is 0 Å². The van der Waals surface area contributed by atoms with Gasteiger partial charge in [-0.15, -0.1) is 0 Å². The summed E-state index contributed by atoms with van der Waals surface area (Å²) >= 11 is 0. The first-order chi connectivity index (χ1) is 8.15. The number of rotatable bonds is 2. The van der Waals surface area contributed by atoms with Gasteiger partial charge in [0.1, 0.15) is 0 Å². The maximum absolute atomic E-state index is 12.9. The molecule has 2 aromatic rings. The van der Waals surface area contributed by atoms with Gasteiger partial charge in [-0.2, -0.15) is 0 Å². The summed E-state index contributed by atoms with van der Waals surface area (Å²) in [5, 5.41) is 0. The predicted molar refractivity (Wildman–Crippen MR) is 66.1 cm³/mol. The molecule has 0 aliphatic heterocycles. The lowest BCUT2D eigenvalue weighted by Gasteiger charge is -1.97. The van der Waals surface area contributed by atoms with E-state index in [9.17, 15) is 8.78 Å². The molecule has 0 heterocycles. The van der Waals surface area contributed by atoms with Crippen LogP contribution in [0.25, 0.3) is 12.2 Å². The monoisotopic (exact) mass is 231 g/mol. The first-order valence-electron chi connectivity index (χ1n) is 5.14. The number of halogens is 2. The molecule has 0 bridgehead atoms. The summed E-state index contributed by atoms with van der Waals surface area (Å²) in [4.78, 5) is 0. The number of nitrogens with two attached hydrogens (primary N) is 1. The van der Waals surface area contributed by atoms with Crippen molar-refractivity contribution in [2.75, 3.05) is 5.73 Å². The van der Waals surface area contributed by atoms with Crippen LogP contribution in [0.3, 0.4) is 0 Å². The first-order valence-corrected chi connectivity index (χ1v) is 5.14. The second-order valence-electron chi connectivity index (χ2n) is 3.67. The van der Waals surface area contributed by atoms with Crippen molar-refractivity contribution in [1.82, 2.24) is 0 Å². The van der Waals surface area contributed by atoms with Crippen LogP contribution in [0.4, 0.5) is 14.5 Å². The summed E-state index contributed by atoms with van der Waals surface area (Å²) in [7, 11) is 0. The molecule has 86 valence electrons. The maximum Gasteiger partial charge on any atom is 0.159 e. The summed E-state index contributed by atoms with van der Waals surface area (Å²) in [5.74, 6) is -1.68. The fourth-order valence-electron chi connectivity index (χ4n) is 1.42. The Hall–Kier alpha value is -2.16. The highest BCUT2D eigenvalue weighted by molar-refractivity contribution is 5.70. The van der Waals surface area contributed by atoms with Crippen LogP contribution < -0.4 is 5.73 Å². The minimum atomic E-state index is -0.843. The van der Waals surface area contributed by atoms with E-state index >= 15 is 0 Å². The molecule has 2 N–H and O–H groups in total. The Morgan fingerprint density at radius 1 is 0.765 bits per heavy atom. The fraction of sp³-hybridized carbons (Fsp3) is 0. The van der Waals surface area contributed by atoms with Gasteiger partial charge in [0.2, 0.25) is 0 Å². The van der Waals surface area contributed by atoms with Gasteiger partial charge in [0, 0.05) is 5.69 Å². The standard InChI is InChI=1S/C14H11F2N/c15-13-8-5-11(9-14(13)16)2-1-10-3-6-12(17)7-4-10/h1-9H,17H2/b2-1+. The van der Waals surface area contributed by atoms with Crippen molar-refractivity contribution in [1.29, 1.82) is 0 Å². The van der Waals surface area contributed by atoms with E-state index in [1.807, 2.05) is 18.2 Å². The number of benzene rings is 2. The highest BCUT2D eigenvalue weighted by atomic mass is 19.2. The molecule has 0 radical (unpaired) electrons. The largest absolute Gasteiger partial charge is 0.399 e. The van der Waals surface area contributed by atoms with Gasteiger partial charge in [-0.3, -0.25) is 0 Å². The molecule has 3 heteroatoms. The second-order valence-corrected chi connectivity index (χ2v) is 3.67. The molecule has 2 aromatic carbocycles. The Kier molecular flexibility index (Phi) is 3.19. The van der Waals surface area contributed by atoms with Crippen molar-refractivity contribution >= 4 is 17.8 Å². The molecule has 0 atom stereocenters. The van der Waals surface area contributed by atoms with E-state index < -0.39 is 11.6 Å². The Labute approximate surface area is 98.2 Å². The molecule has 17 heavy (non-hydrogen) atoms. The molecule has 0 spiro atoms. The van der Waals surface area contributed by atoms with Gasteiger partial charge in [0.25, 0.3) is 0 Å². The number of anilines is 1. The summed E-state index contributed by atoms with van der Waals surface area (Å²) in [5.41, 5.74) is 7.80. The molecule has 0 saturated heterocycles. The van der Waals surface area contributed by atoms with Crippen molar-refractivity contribution in [3.8, 4) is 0 Å². The van der Waals surface area contributed by atoms with Crippen molar-refractivity contribution in [3.05, 3.63) is 65.2 Å². The number of hydrogen-bond acceptors (Lipinski definition) is 1. The van der Waals surface area contributed by atoms with Crippen molar-refractivity contribution < 1.29 is 8.78 Å². The minimum absolute atomic E-state index is 0.612. The van der Waals surface area contributed by atoms with Crippen LogP contribution in [0.1, 0.15) is 11.1 Å². The molecule has 0 fully saturated rings. The molecule has 0 aliphatic carbocycles. The maximum atomic E-state index is 12.9.